The Bertz CT molecular complexity index is 1190. The predicted octanol–water partition coefficient (Wildman–Crippen LogP) is 5.97. The minimum Gasteiger partial charge on any atom is -0.365 e. The van der Waals surface area contributed by atoms with Crippen molar-refractivity contribution < 1.29 is 9.18 Å². The van der Waals surface area contributed by atoms with Crippen LogP contribution in [0.15, 0.2) is 46.3 Å². The standard InChI is InChI=1S/C25H26FN3OS/c1-14-7-8-18(9-15(14)2)27-24-28-23(30)22(31-24)11-17-10-19-16(3)13-25(4,5)29(6)21(19)12-20(17)26/h7-13H,1-6H3,(H,27,28,30)/b22-11+. The molecule has 160 valence electrons. The Hall–Kier alpha value is -2.86. The average molecular weight is 436 g/mol. The number of aliphatic imine (C=N–C) groups is 1. The molecule has 2 aliphatic rings. The Morgan fingerprint density at radius 1 is 1.13 bits per heavy atom. The maximum absolute atomic E-state index is 15.0. The summed E-state index contributed by atoms with van der Waals surface area (Å²) < 4.78 is 15.0. The van der Waals surface area contributed by atoms with Crippen LogP contribution in [-0.2, 0) is 4.79 Å². The van der Waals surface area contributed by atoms with Gasteiger partial charge in [0.05, 0.1) is 16.1 Å². The molecule has 4 rings (SSSR count). The van der Waals surface area contributed by atoms with E-state index in [2.05, 4.69) is 35.1 Å². The van der Waals surface area contributed by atoms with Gasteiger partial charge in [0.1, 0.15) is 5.82 Å². The second-order valence-corrected chi connectivity index (χ2v) is 9.71. The second kappa shape index (κ2) is 7.68. The summed E-state index contributed by atoms with van der Waals surface area (Å²) in [4.78, 5) is 19.5. The largest absolute Gasteiger partial charge is 0.365 e. The number of nitrogens with one attached hydrogen (secondary N) is 1. The van der Waals surface area contributed by atoms with Crippen molar-refractivity contribution in [2.45, 2.75) is 40.2 Å². The number of hydrogen-bond donors (Lipinski definition) is 1. The van der Waals surface area contributed by atoms with Crippen molar-refractivity contribution in [2.24, 2.45) is 4.99 Å². The van der Waals surface area contributed by atoms with Crippen LogP contribution in [0, 0.1) is 19.7 Å². The molecule has 0 radical (unpaired) electrons. The van der Waals surface area contributed by atoms with Crippen molar-refractivity contribution in [1.82, 2.24) is 5.32 Å². The fraction of sp³-hybridized carbons (Fsp3) is 0.280. The van der Waals surface area contributed by atoms with Crippen LogP contribution in [0.25, 0.3) is 11.6 Å². The number of aryl methyl sites for hydroxylation is 2. The van der Waals surface area contributed by atoms with Gasteiger partial charge in [-0.05, 0) is 93.4 Å². The summed E-state index contributed by atoms with van der Waals surface area (Å²) >= 11 is 1.22. The molecular weight excluding hydrogens is 409 g/mol. The minimum absolute atomic E-state index is 0.190. The van der Waals surface area contributed by atoms with Crippen LogP contribution in [0.2, 0.25) is 0 Å². The molecule has 2 aliphatic heterocycles. The van der Waals surface area contributed by atoms with Gasteiger partial charge in [-0.2, -0.15) is 0 Å². The molecule has 1 N–H and O–H groups in total. The number of amidine groups is 1. The normalized spacial score (nSPS) is 20.2. The first-order valence-electron chi connectivity index (χ1n) is 10.2. The number of thioether (sulfide) groups is 1. The lowest BCUT2D eigenvalue weighted by molar-refractivity contribution is -0.115. The molecule has 0 bridgehead atoms. The molecule has 1 saturated heterocycles. The maximum atomic E-state index is 15.0. The van der Waals surface area contributed by atoms with E-state index in [0.717, 1.165) is 28.1 Å². The number of nitrogens with zero attached hydrogens (tertiary/aromatic N) is 2. The van der Waals surface area contributed by atoms with Crippen molar-refractivity contribution in [3.63, 3.8) is 0 Å². The molecule has 0 spiro atoms. The van der Waals surface area contributed by atoms with Gasteiger partial charge in [0.2, 0.25) is 0 Å². The number of fused-ring (bicyclic) bond motifs is 1. The van der Waals surface area contributed by atoms with Crippen LogP contribution in [0.3, 0.4) is 0 Å². The third kappa shape index (κ3) is 4.04. The molecule has 0 aromatic heterocycles. The topological polar surface area (TPSA) is 44.7 Å². The zero-order valence-electron chi connectivity index (χ0n) is 18.6. The highest BCUT2D eigenvalue weighted by atomic mass is 32.2. The van der Waals surface area contributed by atoms with Gasteiger partial charge in [0, 0.05) is 23.9 Å². The number of likely N-dealkylation sites (N-methyl/N-ethyl adjacent to an activating group) is 1. The SMILES string of the molecule is CC1=CC(C)(C)N(C)c2cc(F)c(/C=C3/SC(=Nc4ccc(C)c(C)c4)NC3=O)cc21. The molecule has 0 aliphatic carbocycles. The summed E-state index contributed by atoms with van der Waals surface area (Å²) in [5.74, 6) is -0.619. The summed E-state index contributed by atoms with van der Waals surface area (Å²) in [7, 11) is 1.97. The summed E-state index contributed by atoms with van der Waals surface area (Å²) in [6.45, 7) is 10.3. The van der Waals surface area contributed by atoms with Crippen molar-refractivity contribution >= 4 is 45.9 Å². The second-order valence-electron chi connectivity index (χ2n) is 8.68. The number of halogens is 1. The first-order valence-corrected chi connectivity index (χ1v) is 11.0. The highest BCUT2D eigenvalue weighted by molar-refractivity contribution is 8.18. The molecule has 2 heterocycles. The summed E-state index contributed by atoms with van der Waals surface area (Å²) in [6.07, 6.45) is 3.78. The van der Waals surface area contributed by atoms with Gasteiger partial charge in [0.15, 0.2) is 5.17 Å². The van der Waals surface area contributed by atoms with Crippen LogP contribution < -0.4 is 10.2 Å². The third-order valence-electron chi connectivity index (χ3n) is 5.99. The van der Waals surface area contributed by atoms with E-state index >= 15 is 0 Å². The predicted molar refractivity (Wildman–Crippen MR) is 129 cm³/mol. The lowest BCUT2D eigenvalue weighted by Crippen LogP contribution is -2.42. The summed E-state index contributed by atoms with van der Waals surface area (Å²) in [5.41, 5.74) is 6.23. The lowest BCUT2D eigenvalue weighted by atomic mass is 9.88. The Kier molecular flexibility index (Phi) is 5.30. The van der Waals surface area contributed by atoms with Crippen molar-refractivity contribution in [3.8, 4) is 0 Å². The Morgan fingerprint density at radius 3 is 2.58 bits per heavy atom. The Balaban J connectivity index is 1.66. The van der Waals surface area contributed by atoms with Crippen LogP contribution in [0.1, 0.15) is 43.0 Å². The van der Waals surface area contributed by atoms with E-state index in [1.807, 2.05) is 52.1 Å². The molecule has 2 aromatic carbocycles. The first-order chi connectivity index (χ1) is 14.5. The zero-order valence-corrected chi connectivity index (χ0v) is 19.4. The van der Waals surface area contributed by atoms with E-state index in [-0.39, 0.29) is 17.3 Å². The van der Waals surface area contributed by atoms with Crippen LogP contribution in [0.5, 0.6) is 0 Å². The smallest absolute Gasteiger partial charge is 0.264 e. The molecule has 2 aromatic rings. The molecule has 4 nitrogen and oxygen atoms in total. The Labute approximate surface area is 186 Å². The average Bonchev–Trinajstić information content (AvgIpc) is 3.02. The number of hydrogen-bond acceptors (Lipinski definition) is 4. The maximum Gasteiger partial charge on any atom is 0.264 e. The monoisotopic (exact) mass is 435 g/mol. The highest BCUT2D eigenvalue weighted by Crippen LogP contribution is 2.40. The molecule has 0 saturated carbocycles. The number of carbonyl (C=O) groups excluding carboxylic acids is 1. The fourth-order valence-corrected chi connectivity index (χ4v) is 4.67. The number of carbonyl (C=O) groups is 1. The van der Waals surface area contributed by atoms with Crippen LogP contribution in [0.4, 0.5) is 15.8 Å². The third-order valence-corrected chi connectivity index (χ3v) is 6.90. The summed E-state index contributed by atoms with van der Waals surface area (Å²) in [6, 6.07) is 9.28. The molecule has 6 heteroatoms. The van der Waals surface area contributed by atoms with Gasteiger partial charge < -0.3 is 10.2 Å². The molecule has 31 heavy (non-hydrogen) atoms. The highest BCUT2D eigenvalue weighted by Gasteiger charge is 2.30. The number of anilines is 1. The van der Waals surface area contributed by atoms with Crippen molar-refractivity contribution in [1.29, 1.82) is 0 Å². The quantitative estimate of drug-likeness (QED) is 0.592. The van der Waals surface area contributed by atoms with E-state index in [4.69, 9.17) is 0 Å². The molecule has 0 atom stereocenters. The number of amides is 1. The lowest BCUT2D eigenvalue weighted by Gasteiger charge is -2.40. The minimum atomic E-state index is -0.350. The van der Waals surface area contributed by atoms with E-state index in [0.29, 0.717) is 15.6 Å². The molecular formula is C25H26FN3OS. The Morgan fingerprint density at radius 2 is 1.87 bits per heavy atom. The molecule has 1 fully saturated rings. The van der Waals surface area contributed by atoms with Gasteiger partial charge in [-0.3, -0.25) is 4.79 Å². The van der Waals surface area contributed by atoms with E-state index in [9.17, 15) is 9.18 Å². The van der Waals surface area contributed by atoms with E-state index in [1.165, 1.54) is 17.3 Å². The zero-order chi connectivity index (χ0) is 22.5. The van der Waals surface area contributed by atoms with Crippen LogP contribution >= 0.6 is 11.8 Å². The number of benzene rings is 2. The van der Waals surface area contributed by atoms with E-state index < -0.39 is 0 Å². The van der Waals surface area contributed by atoms with Gasteiger partial charge in [-0.15, -0.1) is 0 Å². The first kappa shape index (κ1) is 21.4. The summed E-state index contributed by atoms with van der Waals surface area (Å²) in [5, 5.41) is 3.27. The van der Waals surface area contributed by atoms with Gasteiger partial charge in [-0.25, -0.2) is 9.38 Å². The number of rotatable bonds is 2. The van der Waals surface area contributed by atoms with E-state index in [1.54, 1.807) is 12.1 Å². The van der Waals surface area contributed by atoms with Gasteiger partial charge in [0.25, 0.3) is 5.91 Å². The fourth-order valence-electron chi connectivity index (χ4n) is 3.83. The van der Waals surface area contributed by atoms with Crippen LogP contribution in [-0.4, -0.2) is 23.7 Å². The number of allylic oxidation sites excluding steroid dienone is 1. The van der Waals surface area contributed by atoms with Gasteiger partial charge in [-0.1, -0.05) is 12.1 Å². The van der Waals surface area contributed by atoms with Crippen molar-refractivity contribution in [2.75, 3.05) is 11.9 Å². The molecule has 0 unspecified atom stereocenters. The molecule has 1 amide bonds. The van der Waals surface area contributed by atoms with Gasteiger partial charge >= 0.3 is 0 Å². The van der Waals surface area contributed by atoms with Crippen molar-refractivity contribution in [3.05, 3.63) is 69.4 Å².